The van der Waals surface area contributed by atoms with Crippen molar-refractivity contribution >= 4 is 21.8 Å². The summed E-state index contributed by atoms with van der Waals surface area (Å²) in [6, 6.07) is 8.89. The van der Waals surface area contributed by atoms with E-state index in [1.165, 1.54) is 5.56 Å². The van der Waals surface area contributed by atoms with Crippen LogP contribution in [-0.2, 0) is 11.2 Å². The van der Waals surface area contributed by atoms with Gasteiger partial charge in [-0.05, 0) is 56.3 Å². The van der Waals surface area contributed by atoms with Crippen LogP contribution in [0.4, 0.5) is 0 Å². The Kier molecular flexibility index (Phi) is 6.90. The summed E-state index contributed by atoms with van der Waals surface area (Å²) >= 11 is 3.52. The van der Waals surface area contributed by atoms with Gasteiger partial charge in [0.25, 0.3) is 0 Å². The number of piperidine rings is 1. The predicted octanol–water partition coefficient (Wildman–Crippen LogP) is 3.52. The normalized spacial score (nSPS) is 23.0. The third kappa shape index (κ3) is 5.40. The highest BCUT2D eigenvalue weighted by Crippen LogP contribution is 2.18. The van der Waals surface area contributed by atoms with Crippen molar-refractivity contribution < 1.29 is 4.79 Å². The number of benzene rings is 1. The Labute approximate surface area is 142 Å². The van der Waals surface area contributed by atoms with E-state index in [2.05, 4.69) is 58.6 Å². The summed E-state index contributed by atoms with van der Waals surface area (Å²) in [5.41, 5.74) is 1.32. The van der Waals surface area contributed by atoms with Crippen molar-refractivity contribution in [1.29, 1.82) is 0 Å². The van der Waals surface area contributed by atoms with Crippen molar-refractivity contribution in [2.24, 2.45) is 11.8 Å². The van der Waals surface area contributed by atoms with E-state index in [1.54, 1.807) is 0 Å². The van der Waals surface area contributed by atoms with E-state index >= 15 is 0 Å². The lowest BCUT2D eigenvalue weighted by atomic mass is 9.92. The smallest absolute Gasteiger partial charge is 0.223 e. The van der Waals surface area contributed by atoms with Crippen LogP contribution in [0.5, 0.6) is 0 Å². The standard InChI is InChI=1S/C18H27BrN2O/c1-3-14(10-15-5-4-6-17(19)11-15)12-21-18(22)16-7-8-20-13(2)9-16/h4-6,11,13-14,16,20H,3,7-10,12H2,1-2H3,(H,21,22)/t13-,14?,16-/m0/s1. The van der Waals surface area contributed by atoms with Crippen LogP contribution in [0.3, 0.4) is 0 Å². The minimum absolute atomic E-state index is 0.180. The molecule has 1 amide bonds. The summed E-state index contributed by atoms with van der Waals surface area (Å²) in [4.78, 5) is 12.3. The van der Waals surface area contributed by atoms with E-state index in [9.17, 15) is 4.79 Å². The zero-order valence-electron chi connectivity index (χ0n) is 13.6. The molecule has 2 rings (SSSR count). The zero-order chi connectivity index (χ0) is 15.9. The Morgan fingerprint density at radius 1 is 1.50 bits per heavy atom. The van der Waals surface area contributed by atoms with E-state index in [-0.39, 0.29) is 11.8 Å². The Bertz CT molecular complexity index is 492. The van der Waals surface area contributed by atoms with E-state index in [4.69, 9.17) is 0 Å². The predicted molar refractivity (Wildman–Crippen MR) is 94.8 cm³/mol. The highest BCUT2D eigenvalue weighted by molar-refractivity contribution is 9.10. The lowest BCUT2D eigenvalue weighted by molar-refractivity contribution is -0.126. The molecular weight excluding hydrogens is 340 g/mol. The fourth-order valence-corrected chi connectivity index (χ4v) is 3.56. The van der Waals surface area contributed by atoms with Crippen molar-refractivity contribution in [2.75, 3.05) is 13.1 Å². The molecule has 1 aromatic rings. The van der Waals surface area contributed by atoms with Crippen LogP contribution in [-0.4, -0.2) is 25.0 Å². The third-order valence-corrected chi connectivity index (χ3v) is 5.04. The highest BCUT2D eigenvalue weighted by atomic mass is 79.9. The van der Waals surface area contributed by atoms with Crippen LogP contribution < -0.4 is 10.6 Å². The Morgan fingerprint density at radius 2 is 2.32 bits per heavy atom. The monoisotopic (exact) mass is 366 g/mol. The fraction of sp³-hybridized carbons (Fsp3) is 0.611. The van der Waals surface area contributed by atoms with Gasteiger partial charge in [-0.1, -0.05) is 41.4 Å². The molecule has 1 heterocycles. The average Bonchev–Trinajstić information content (AvgIpc) is 2.51. The second-order valence-electron chi connectivity index (χ2n) is 6.43. The van der Waals surface area contributed by atoms with Crippen molar-refractivity contribution in [1.82, 2.24) is 10.6 Å². The molecule has 0 spiro atoms. The molecule has 1 aliphatic rings. The average molecular weight is 367 g/mol. The molecule has 1 fully saturated rings. The first-order valence-corrected chi connectivity index (χ1v) is 9.13. The first-order chi connectivity index (χ1) is 10.6. The van der Waals surface area contributed by atoms with Crippen molar-refractivity contribution in [3.8, 4) is 0 Å². The lowest BCUT2D eigenvalue weighted by Crippen LogP contribution is -2.43. The van der Waals surface area contributed by atoms with Gasteiger partial charge in [0.1, 0.15) is 0 Å². The SMILES string of the molecule is CCC(CNC(=O)[C@H]1CCN[C@@H](C)C1)Cc1cccc(Br)c1. The van der Waals surface area contributed by atoms with E-state index in [0.29, 0.717) is 12.0 Å². The van der Waals surface area contributed by atoms with Gasteiger partial charge in [0, 0.05) is 23.0 Å². The maximum Gasteiger partial charge on any atom is 0.223 e. The van der Waals surface area contributed by atoms with Crippen LogP contribution in [0.1, 0.15) is 38.7 Å². The molecular formula is C18H27BrN2O. The molecule has 4 heteroatoms. The van der Waals surface area contributed by atoms with Crippen LogP contribution >= 0.6 is 15.9 Å². The van der Waals surface area contributed by atoms with Crippen LogP contribution in [0.2, 0.25) is 0 Å². The van der Waals surface area contributed by atoms with Crippen molar-refractivity contribution in [3.63, 3.8) is 0 Å². The van der Waals surface area contributed by atoms with Crippen molar-refractivity contribution in [3.05, 3.63) is 34.3 Å². The number of carbonyl (C=O) groups is 1. The van der Waals surface area contributed by atoms with Crippen LogP contribution in [0.15, 0.2) is 28.7 Å². The van der Waals surface area contributed by atoms with Gasteiger partial charge in [-0.2, -0.15) is 0 Å². The van der Waals surface area contributed by atoms with Crippen LogP contribution in [0, 0.1) is 11.8 Å². The molecule has 0 bridgehead atoms. The first kappa shape index (κ1) is 17.5. The van der Waals surface area contributed by atoms with Gasteiger partial charge in [0.05, 0.1) is 0 Å². The topological polar surface area (TPSA) is 41.1 Å². The fourth-order valence-electron chi connectivity index (χ4n) is 3.12. The number of amides is 1. The molecule has 3 nitrogen and oxygen atoms in total. The van der Waals surface area contributed by atoms with Gasteiger partial charge in [0.15, 0.2) is 0 Å². The summed E-state index contributed by atoms with van der Waals surface area (Å²) in [5.74, 6) is 0.915. The Morgan fingerprint density at radius 3 is 3.00 bits per heavy atom. The molecule has 3 atom stereocenters. The second-order valence-corrected chi connectivity index (χ2v) is 7.35. The summed E-state index contributed by atoms with van der Waals surface area (Å²) in [5, 5.41) is 6.58. The van der Waals surface area contributed by atoms with Gasteiger partial charge in [-0.15, -0.1) is 0 Å². The van der Waals surface area contributed by atoms with E-state index < -0.39 is 0 Å². The maximum atomic E-state index is 12.3. The van der Waals surface area contributed by atoms with Gasteiger partial charge in [-0.3, -0.25) is 4.79 Å². The molecule has 0 radical (unpaired) electrons. The van der Waals surface area contributed by atoms with Gasteiger partial charge < -0.3 is 10.6 Å². The molecule has 1 aliphatic heterocycles. The molecule has 1 aromatic carbocycles. The van der Waals surface area contributed by atoms with Gasteiger partial charge >= 0.3 is 0 Å². The largest absolute Gasteiger partial charge is 0.356 e. The molecule has 0 aromatic heterocycles. The van der Waals surface area contributed by atoms with Crippen molar-refractivity contribution in [2.45, 2.75) is 45.6 Å². The second kappa shape index (κ2) is 8.68. The van der Waals surface area contributed by atoms with Gasteiger partial charge in [0.2, 0.25) is 5.91 Å². The Hall–Kier alpha value is -0.870. The quantitative estimate of drug-likeness (QED) is 0.808. The maximum absolute atomic E-state index is 12.3. The number of halogens is 1. The lowest BCUT2D eigenvalue weighted by Gasteiger charge is -2.27. The molecule has 0 aliphatic carbocycles. The third-order valence-electron chi connectivity index (χ3n) is 4.55. The summed E-state index contributed by atoms with van der Waals surface area (Å²) in [6.07, 6.45) is 4.00. The Balaban J connectivity index is 1.81. The number of hydrogen-bond donors (Lipinski definition) is 2. The molecule has 1 unspecified atom stereocenters. The summed E-state index contributed by atoms with van der Waals surface area (Å²) < 4.78 is 1.12. The first-order valence-electron chi connectivity index (χ1n) is 8.34. The number of rotatable bonds is 6. The molecule has 2 N–H and O–H groups in total. The summed E-state index contributed by atoms with van der Waals surface area (Å²) in [7, 11) is 0. The zero-order valence-corrected chi connectivity index (χ0v) is 15.2. The van der Waals surface area contributed by atoms with E-state index in [0.717, 1.165) is 43.2 Å². The molecule has 22 heavy (non-hydrogen) atoms. The number of hydrogen-bond acceptors (Lipinski definition) is 2. The van der Waals surface area contributed by atoms with E-state index in [1.807, 2.05) is 6.07 Å². The molecule has 0 saturated carbocycles. The molecule has 1 saturated heterocycles. The molecule has 122 valence electrons. The highest BCUT2D eigenvalue weighted by Gasteiger charge is 2.24. The number of nitrogens with one attached hydrogen (secondary N) is 2. The van der Waals surface area contributed by atoms with Crippen LogP contribution in [0.25, 0.3) is 0 Å². The number of carbonyl (C=O) groups excluding carboxylic acids is 1. The minimum Gasteiger partial charge on any atom is -0.356 e. The van der Waals surface area contributed by atoms with Gasteiger partial charge in [-0.25, -0.2) is 0 Å². The minimum atomic E-state index is 0.180. The summed E-state index contributed by atoms with van der Waals surface area (Å²) in [6.45, 7) is 6.08.